The Morgan fingerprint density at radius 1 is 0.878 bits per heavy atom. The van der Waals surface area contributed by atoms with Gasteiger partial charge < -0.3 is 8.85 Å². The number of hydrogen-bond acceptors (Lipinski definition) is 2. The molecular weight excluding hydrogens is 533 g/mol. The van der Waals surface area contributed by atoms with E-state index in [0.29, 0.717) is 0 Å². The van der Waals surface area contributed by atoms with Gasteiger partial charge in [0.05, 0.1) is 11.7 Å². The fourth-order valence-electron chi connectivity index (χ4n) is 7.00. The van der Waals surface area contributed by atoms with Gasteiger partial charge >= 0.3 is 0 Å². The van der Waals surface area contributed by atoms with Gasteiger partial charge in [-0.1, -0.05) is 146 Å². The zero-order chi connectivity index (χ0) is 30.5. The van der Waals surface area contributed by atoms with Gasteiger partial charge in [-0.25, -0.2) is 0 Å². The Balaban J connectivity index is 2.01. The van der Waals surface area contributed by atoms with E-state index in [-0.39, 0.29) is 16.6 Å². The van der Waals surface area contributed by atoms with Gasteiger partial charge in [0.25, 0.3) is 8.32 Å². The Hall–Kier alpha value is -1.99. The number of hydrogen-bond donors (Lipinski definition) is 0. The maximum Gasteiger partial charge on any atom is 0.261 e. The second-order valence-electron chi connectivity index (χ2n) is 14.0. The van der Waals surface area contributed by atoms with Crippen molar-refractivity contribution in [2.24, 2.45) is 5.41 Å². The molecule has 0 saturated carbocycles. The first-order chi connectivity index (χ1) is 19.2. The molecule has 1 unspecified atom stereocenters. The van der Waals surface area contributed by atoms with Gasteiger partial charge in [-0.3, -0.25) is 0 Å². The summed E-state index contributed by atoms with van der Waals surface area (Å²) in [5, 5.41) is 2.66. The molecule has 1 aliphatic rings. The molecule has 0 aromatic heterocycles. The highest BCUT2D eigenvalue weighted by Crippen LogP contribution is 2.46. The standard InChI is InChI=1S/C37H56O2Si2/c1-12-37(11,39-40(13-2,14-3)15-4)27-26-34-30(5)28-31(29-36(34,9)10)38-41(35(6,7)8,32-22-18-16-19-23-32)33-24-20-17-21-25-33/h12,16-27,31H,1,13-15,28-29H2,2-11H3/b27-26-/t31-,37?/m1/s1. The molecule has 0 fully saturated rings. The predicted octanol–water partition coefficient (Wildman–Crippen LogP) is 9.59. The van der Waals surface area contributed by atoms with E-state index in [1.807, 2.05) is 6.08 Å². The van der Waals surface area contributed by atoms with Crippen molar-refractivity contribution in [3.63, 3.8) is 0 Å². The monoisotopic (exact) mass is 588 g/mol. The van der Waals surface area contributed by atoms with Crippen molar-refractivity contribution in [1.29, 1.82) is 0 Å². The molecule has 4 heteroatoms. The van der Waals surface area contributed by atoms with Crippen LogP contribution in [-0.4, -0.2) is 28.3 Å². The van der Waals surface area contributed by atoms with Crippen LogP contribution < -0.4 is 10.4 Å². The Morgan fingerprint density at radius 3 is 1.76 bits per heavy atom. The second-order valence-corrected chi connectivity index (χ2v) is 22.9. The van der Waals surface area contributed by atoms with Gasteiger partial charge in [0, 0.05) is 0 Å². The molecule has 0 saturated heterocycles. The minimum atomic E-state index is -2.61. The largest absolute Gasteiger partial charge is 0.405 e. The third kappa shape index (κ3) is 7.15. The van der Waals surface area contributed by atoms with Crippen molar-refractivity contribution < 1.29 is 8.85 Å². The maximum atomic E-state index is 7.59. The maximum absolute atomic E-state index is 7.59. The topological polar surface area (TPSA) is 18.5 Å². The van der Waals surface area contributed by atoms with Crippen molar-refractivity contribution in [3.8, 4) is 0 Å². The van der Waals surface area contributed by atoms with Crippen LogP contribution in [0.1, 0.15) is 82.1 Å². The molecule has 2 atom stereocenters. The average molecular weight is 589 g/mol. The van der Waals surface area contributed by atoms with Gasteiger partial charge in [0.1, 0.15) is 0 Å². The van der Waals surface area contributed by atoms with Crippen LogP contribution in [0.2, 0.25) is 23.2 Å². The molecule has 0 spiro atoms. The van der Waals surface area contributed by atoms with Gasteiger partial charge in [-0.15, -0.1) is 0 Å². The van der Waals surface area contributed by atoms with E-state index < -0.39 is 22.2 Å². The molecule has 0 aliphatic heterocycles. The fraction of sp³-hybridized carbons (Fsp3) is 0.514. The number of allylic oxidation sites excluding steroid dienone is 2. The van der Waals surface area contributed by atoms with Crippen molar-refractivity contribution >= 4 is 27.0 Å². The summed E-state index contributed by atoms with van der Waals surface area (Å²) in [4.78, 5) is 0. The first kappa shape index (κ1) is 33.5. The third-order valence-corrected chi connectivity index (χ3v) is 19.4. The highest BCUT2D eigenvalue weighted by atomic mass is 28.4. The Labute approximate surface area is 254 Å². The predicted molar refractivity (Wildman–Crippen MR) is 184 cm³/mol. The zero-order valence-electron chi connectivity index (χ0n) is 27.6. The van der Waals surface area contributed by atoms with Crippen molar-refractivity contribution in [1.82, 2.24) is 0 Å². The SMILES string of the molecule is C=CC(C)(/C=C\C1=C(C)C[C@@H](O[Si](c2ccccc2)(c2ccccc2)C(C)(C)C)CC1(C)C)O[Si](CC)(CC)CC. The van der Waals surface area contributed by atoms with E-state index in [9.17, 15) is 0 Å². The molecular formula is C37H56O2Si2. The van der Waals surface area contributed by atoms with E-state index in [2.05, 4.69) is 149 Å². The minimum Gasteiger partial charge on any atom is -0.405 e. The Morgan fingerprint density at radius 2 is 1.37 bits per heavy atom. The van der Waals surface area contributed by atoms with Crippen LogP contribution in [0.25, 0.3) is 0 Å². The molecule has 0 bridgehead atoms. The molecule has 0 amide bonds. The number of rotatable bonds is 12. The van der Waals surface area contributed by atoms with Crippen molar-refractivity contribution in [2.75, 3.05) is 0 Å². The molecule has 0 heterocycles. The van der Waals surface area contributed by atoms with Crippen LogP contribution in [0.5, 0.6) is 0 Å². The molecule has 0 radical (unpaired) electrons. The van der Waals surface area contributed by atoms with E-state index in [4.69, 9.17) is 8.85 Å². The van der Waals surface area contributed by atoms with Crippen LogP contribution in [0.4, 0.5) is 0 Å². The second kappa shape index (κ2) is 13.1. The molecule has 3 rings (SSSR count). The summed E-state index contributed by atoms with van der Waals surface area (Å²) in [5.41, 5.74) is 2.34. The van der Waals surface area contributed by atoms with Gasteiger partial charge in [-0.2, -0.15) is 0 Å². The quantitative estimate of drug-likeness (QED) is 0.182. The molecule has 2 aromatic rings. The Kier molecular flexibility index (Phi) is 10.7. The molecule has 41 heavy (non-hydrogen) atoms. The highest BCUT2D eigenvalue weighted by Gasteiger charge is 2.52. The van der Waals surface area contributed by atoms with Crippen LogP contribution in [0.3, 0.4) is 0 Å². The summed E-state index contributed by atoms with van der Waals surface area (Å²) in [6.07, 6.45) is 8.68. The lowest BCUT2D eigenvalue weighted by Crippen LogP contribution is -2.68. The summed E-state index contributed by atoms with van der Waals surface area (Å²) in [7, 11) is -4.40. The fourth-order valence-corrected chi connectivity index (χ4v) is 14.7. The lowest BCUT2D eigenvalue weighted by Gasteiger charge is -2.48. The molecule has 1 aliphatic carbocycles. The van der Waals surface area contributed by atoms with E-state index >= 15 is 0 Å². The average Bonchev–Trinajstić information content (AvgIpc) is 2.94. The third-order valence-electron chi connectivity index (χ3n) is 9.58. The smallest absolute Gasteiger partial charge is 0.261 e. The lowest BCUT2D eigenvalue weighted by atomic mass is 9.71. The molecule has 2 nitrogen and oxygen atoms in total. The summed E-state index contributed by atoms with van der Waals surface area (Å²) in [6, 6.07) is 25.4. The first-order valence-electron chi connectivity index (χ1n) is 15.7. The van der Waals surface area contributed by atoms with Gasteiger partial charge in [0.15, 0.2) is 8.32 Å². The van der Waals surface area contributed by atoms with Crippen molar-refractivity contribution in [2.45, 2.75) is 117 Å². The summed E-state index contributed by atoms with van der Waals surface area (Å²) in [5.74, 6) is 0. The first-order valence-corrected chi connectivity index (χ1v) is 20.2. The number of benzene rings is 2. The zero-order valence-corrected chi connectivity index (χ0v) is 29.6. The molecule has 0 N–H and O–H groups in total. The molecule has 2 aromatic carbocycles. The van der Waals surface area contributed by atoms with Crippen LogP contribution in [0.15, 0.2) is 96.6 Å². The summed E-state index contributed by atoms with van der Waals surface area (Å²) >= 11 is 0. The van der Waals surface area contributed by atoms with Crippen LogP contribution in [-0.2, 0) is 8.85 Å². The normalized spacial score (nSPS) is 19.8. The van der Waals surface area contributed by atoms with E-state index in [0.717, 1.165) is 31.0 Å². The Bertz CT molecular complexity index is 1150. The minimum absolute atomic E-state index is 0.0221. The summed E-state index contributed by atoms with van der Waals surface area (Å²) < 4.78 is 14.5. The van der Waals surface area contributed by atoms with Gasteiger partial charge in [0.2, 0.25) is 0 Å². The van der Waals surface area contributed by atoms with Crippen molar-refractivity contribution in [3.05, 3.63) is 96.6 Å². The lowest BCUT2D eigenvalue weighted by molar-refractivity contribution is 0.128. The van der Waals surface area contributed by atoms with E-state index in [1.54, 1.807) is 0 Å². The van der Waals surface area contributed by atoms with Gasteiger partial charge in [-0.05, 0) is 71.2 Å². The van der Waals surface area contributed by atoms with E-state index in [1.165, 1.54) is 21.5 Å². The van der Waals surface area contributed by atoms with Crippen LogP contribution >= 0.6 is 0 Å². The summed E-state index contributed by atoms with van der Waals surface area (Å²) in [6.45, 7) is 27.4. The highest BCUT2D eigenvalue weighted by molar-refractivity contribution is 6.99. The molecule has 224 valence electrons. The van der Waals surface area contributed by atoms with Crippen LogP contribution in [0, 0.1) is 5.41 Å².